The molecule has 0 aliphatic heterocycles. The molecule has 1 nitrogen and oxygen atoms in total. The summed E-state index contributed by atoms with van der Waals surface area (Å²) in [6, 6.07) is 14.1. The van der Waals surface area contributed by atoms with Crippen molar-refractivity contribution in [3.8, 4) is 22.4 Å². The maximum atomic E-state index is 8.54. The Morgan fingerprint density at radius 3 is 2.48 bits per heavy atom. The normalized spacial score (nSPS) is 20.0. The Bertz CT molecular complexity index is 1190. The van der Waals surface area contributed by atoms with E-state index in [1.54, 1.807) is 24.3 Å². The first-order valence-corrected chi connectivity index (χ1v) is 8.41. The fourth-order valence-electron chi connectivity index (χ4n) is 3.56. The van der Waals surface area contributed by atoms with Crippen molar-refractivity contribution < 1.29 is 9.60 Å². The number of hydrogen-bond acceptors (Lipinski definition) is 1. The van der Waals surface area contributed by atoms with Gasteiger partial charge in [0.2, 0.25) is 0 Å². The van der Waals surface area contributed by atoms with Crippen LogP contribution in [0.25, 0.3) is 22.4 Å². The van der Waals surface area contributed by atoms with Gasteiger partial charge in [-0.1, -0.05) is 76.9 Å². The van der Waals surface area contributed by atoms with Crippen LogP contribution in [-0.4, -0.2) is 4.98 Å². The molecular weight excluding hydrogens is 302 g/mol. The molecule has 0 radical (unpaired) electrons. The molecule has 1 aromatic heterocycles. The quantitative estimate of drug-likeness (QED) is 0.505. The van der Waals surface area contributed by atoms with Gasteiger partial charge >= 0.3 is 0 Å². The lowest BCUT2D eigenvalue weighted by atomic mass is 9.77. The maximum Gasteiger partial charge on any atom is 0.0705 e. The van der Waals surface area contributed by atoms with Crippen LogP contribution >= 0.6 is 0 Å². The largest absolute Gasteiger partial charge is 0.256 e. The van der Waals surface area contributed by atoms with Crippen LogP contribution in [0.5, 0.6) is 0 Å². The molecule has 4 rings (SSSR count). The molecule has 1 aliphatic rings. The van der Waals surface area contributed by atoms with E-state index in [0.29, 0.717) is 27.9 Å². The van der Waals surface area contributed by atoms with E-state index in [9.17, 15) is 0 Å². The van der Waals surface area contributed by atoms with Crippen molar-refractivity contribution in [1.82, 2.24) is 4.98 Å². The first-order chi connectivity index (χ1) is 14.7. The van der Waals surface area contributed by atoms with E-state index >= 15 is 0 Å². The molecule has 0 spiro atoms. The second kappa shape index (κ2) is 5.29. The summed E-state index contributed by atoms with van der Waals surface area (Å²) in [5.41, 5.74) is 0.911. The zero-order valence-electron chi connectivity index (χ0n) is 21.6. The molecular formula is C24H25N. The average Bonchev–Trinajstić information content (AvgIpc) is 2.98. The molecule has 1 heterocycles. The summed E-state index contributed by atoms with van der Waals surface area (Å²) in [5, 5.41) is 0. The van der Waals surface area contributed by atoms with E-state index in [4.69, 9.17) is 9.60 Å². The third kappa shape index (κ3) is 2.41. The number of rotatable bonds is 1. The van der Waals surface area contributed by atoms with Crippen LogP contribution in [0, 0.1) is 0 Å². The molecule has 126 valence electrons. The van der Waals surface area contributed by atoms with E-state index in [2.05, 4.69) is 4.98 Å². The van der Waals surface area contributed by atoms with Gasteiger partial charge in [-0.05, 0) is 45.4 Å². The molecule has 2 aromatic carbocycles. The molecule has 0 N–H and O–H groups in total. The van der Waals surface area contributed by atoms with Gasteiger partial charge in [-0.25, -0.2) is 0 Å². The molecule has 1 heteroatoms. The Morgan fingerprint density at radius 2 is 1.76 bits per heavy atom. The van der Waals surface area contributed by atoms with Gasteiger partial charge in [0.05, 0.1) is 7.06 Å². The van der Waals surface area contributed by atoms with Crippen molar-refractivity contribution in [2.45, 2.75) is 45.3 Å². The van der Waals surface area contributed by atoms with Gasteiger partial charge < -0.3 is 0 Å². The van der Waals surface area contributed by atoms with Crippen LogP contribution < -0.4 is 0 Å². The van der Waals surface area contributed by atoms with Crippen LogP contribution in [0.2, 0.25) is 0 Å². The molecule has 1 aliphatic carbocycles. The molecule has 0 bridgehead atoms. The Balaban J connectivity index is 2.20. The van der Waals surface area contributed by atoms with Crippen molar-refractivity contribution in [3.05, 3.63) is 77.5 Å². The third-order valence-corrected chi connectivity index (χ3v) is 4.90. The summed E-state index contributed by atoms with van der Waals surface area (Å²) >= 11 is 0. The van der Waals surface area contributed by atoms with Gasteiger partial charge in [-0.15, -0.1) is 0 Å². The molecule has 0 atom stereocenters. The summed E-state index contributed by atoms with van der Waals surface area (Å²) in [5.74, 6) is 0. The second-order valence-electron chi connectivity index (χ2n) is 7.63. The van der Waals surface area contributed by atoms with Crippen molar-refractivity contribution in [3.63, 3.8) is 0 Å². The van der Waals surface area contributed by atoms with Crippen molar-refractivity contribution in [2.75, 3.05) is 0 Å². The summed E-state index contributed by atoms with van der Waals surface area (Å²) in [4.78, 5) is 4.35. The average molecular weight is 335 g/mol. The van der Waals surface area contributed by atoms with Crippen LogP contribution in [0.4, 0.5) is 0 Å². The lowest BCUT2D eigenvalue weighted by molar-refractivity contribution is 0.585. The van der Waals surface area contributed by atoms with Crippen LogP contribution in [0.1, 0.15) is 60.8 Å². The fourth-order valence-corrected chi connectivity index (χ4v) is 3.56. The first-order valence-electron chi connectivity index (χ1n) is 11.9. The summed E-state index contributed by atoms with van der Waals surface area (Å²) in [6.07, 6.45) is 1.48. The SMILES string of the molecule is [2H]c1ccnc(-c2cccc3c2C(C([2H])([2H])[2H])(C([2H])([2H])[2H])c2cc(C(C)(C)C)ccc2-3)c1. The van der Waals surface area contributed by atoms with Gasteiger partial charge in [0, 0.05) is 25.4 Å². The minimum Gasteiger partial charge on any atom is -0.256 e. The molecule has 0 saturated carbocycles. The Labute approximate surface area is 160 Å². The summed E-state index contributed by atoms with van der Waals surface area (Å²) < 4.78 is 59.2. The van der Waals surface area contributed by atoms with E-state index < -0.39 is 19.1 Å². The molecule has 25 heavy (non-hydrogen) atoms. The van der Waals surface area contributed by atoms with Crippen molar-refractivity contribution in [2.24, 2.45) is 0 Å². The lowest BCUT2D eigenvalue weighted by Gasteiger charge is -2.26. The highest BCUT2D eigenvalue weighted by atomic mass is 14.7. The zero-order chi connectivity index (χ0) is 23.7. The first kappa shape index (κ1) is 9.91. The van der Waals surface area contributed by atoms with Gasteiger partial charge in [-0.2, -0.15) is 0 Å². The maximum absolute atomic E-state index is 8.54. The predicted molar refractivity (Wildman–Crippen MR) is 106 cm³/mol. The highest BCUT2D eigenvalue weighted by Gasteiger charge is 2.38. The number of nitrogens with zero attached hydrogens (tertiary/aromatic N) is 1. The van der Waals surface area contributed by atoms with E-state index in [1.165, 1.54) is 18.3 Å². The second-order valence-corrected chi connectivity index (χ2v) is 7.63. The molecule has 0 saturated heterocycles. The number of hydrogen-bond donors (Lipinski definition) is 0. The smallest absolute Gasteiger partial charge is 0.0705 e. The van der Waals surface area contributed by atoms with Gasteiger partial charge in [0.25, 0.3) is 0 Å². The minimum absolute atomic E-state index is 0.214. The summed E-state index contributed by atoms with van der Waals surface area (Å²) in [7, 11) is 0. The fraction of sp³-hybridized carbons (Fsp3) is 0.292. The van der Waals surface area contributed by atoms with Gasteiger partial charge in [0.1, 0.15) is 0 Å². The van der Waals surface area contributed by atoms with Crippen LogP contribution in [0.15, 0.2) is 60.8 Å². The van der Waals surface area contributed by atoms with E-state index in [-0.39, 0.29) is 17.0 Å². The Hall–Kier alpha value is -2.41. The lowest BCUT2D eigenvalue weighted by Crippen LogP contribution is -2.18. The highest BCUT2D eigenvalue weighted by Crippen LogP contribution is 2.52. The minimum atomic E-state index is -2.86. The van der Waals surface area contributed by atoms with Crippen LogP contribution in [-0.2, 0) is 10.8 Å². The van der Waals surface area contributed by atoms with Gasteiger partial charge in [0.15, 0.2) is 0 Å². The van der Waals surface area contributed by atoms with Crippen LogP contribution in [0.3, 0.4) is 0 Å². The number of aromatic nitrogens is 1. The predicted octanol–water partition coefficient (Wildman–Crippen LogP) is 6.35. The number of pyridine rings is 1. The zero-order valence-corrected chi connectivity index (χ0v) is 14.6. The molecule has 3 aromatic rings. The monoisotopic (exact) mass is 334 g/mol. The number of benzene rings is 2. The van der Waals surface area contributed by atoms with Crippen molar-refractivity contribution in [1.29, 1.82) is 0 Å². The topological polar surface area (TPSA) is 12.9 Å². The molecule has 0 fully saturated rings. The standard InChI is InChI=1S/C24H25N/c1-23(2,3)16-12-13-17-18-9-8-10-19(21-11-6-7-14-25-21)22(18)24(4,5)20(17)15-16/h6-15H,1-5H3/i4D3,5D3,6D. The number of fused-ring (bicyclic) bond motifs is 3. The Kier molecular flexibility index (Phi) is 2.10. The molecule has 0 amide bonds. The molecule has 0 unspecified atom stereocenters. The highest BCUT2D eigenvalue weighted by molar-refractivity contribution is 5.87. The van der Waals surface area contributed by atoms with E-state index in [1.807, 2.05) is 32.9 Å². The summed E-state index contributed by atoms with van der Waals surface area (Å²) in [6.45, 7) is 0.321. The Morgan fingerprint density at radius 1 is 0.960 bits per heavy atom. The van der Waals surface area contributed by atoms with Crippen molar-refractivity contribution >= 4 is 0 Å². The van der Waals surface area contributed by atoms with Gasteiger partial charge in [-0.3, -0.25) is 4.98 Å². The third-order valence-electron chi connectivity index (χ3n) is 4.90. The van der Waals surface area contributed by atoms with E-state index in [0.717, 1.165) is 5.56 Å².